The summed E-state index contributed by atoms with van der Waals surface area (Å²) in [6.07, 6.45) is 0.892. The SMILES string of the molecule is CCCNC(=O)CNC(=O)CCN=C1NS(=O)(=O)c2ccccc21. The summed E-state index contributed by atoms with van der Waals surface area (Å²) < 4.78 is 26.2. The highest BCUT2D eigenvalue weighted by atomic mass is 32.2. The number of hydrogen-bond donors (Lipinski definition) is 3. The van der Waals surface area contributed by atoms with Gasteiger partial charge in [0.15, 0.2) is 0 Å². The Morgan fingerprint density at radius 3 is 2.67 bits per heavy atom. The topological polar surface area (TPSA) is 117 Å². The quantitative estimate of drug-likeness (QED) is 0.628. The standard InChI is InChI=1S/C15H20N4O4S/c1-2-8-16-14(21)10-18-13(20)7-9-17-15-11-5-3-4-6-12(11)24(22,23)19-15/h3-6H,2,7-10H2,1H3,(H,16,21)(H,17,19)(H,18,20). The molecule has 1 aromatic carbocycles. The lowest BCUT2D eigenvalue weighted by molar-refractivity contribution is -0.126. The lowest BCUT2D eigenvalue weighted by Gasteiger charge is -2.05. The molecule has 0 atom stereocenters. The number of carbonyl (C=O) groups excluding carboxylic acids is 2. The molecular weight excluding hydrogens is 332 g/mol. The van der Waals surface area contributed by atoms with Crippen LogP contribution in [0.2, 0.25) is 0 Å². The highest BCUT2D eigenvalue weighted by Gasteiger charge is 2.29. The molecule has 1 aliphatic heterocycles. The third-order valence-electron chi connectivity index (χ3n) is 3.29. The summed E-state index contributed by atoms with van der Waals surface area (Å²) in [5, 5.41) is 5.14. The molecule has 0 bridgehead atoms. The number of rotatable bonds is 7. The Balaban J connectivity index is 1.85. The van der Waals surface area contributed by atoms with Gasteiger partial charge < -0.3 is 10.6 Å². The van der Waals surface area contributed by atoms with Gasteiger partial charge in [-0.05, 0) is 18.6 Å². The van der Waals surface area contributed by atoms with E-state index in [1.54, 1.807) is 18.2 Å². The van der Waals surface area contributed by atoms with Gasteiger partial charge in [0.05, 0.1) is 18.0 Å². The number of amidine groups is 1. The third kappa shape index (κ3) is 4.54. The summed E-state index contributed by atoms with van der Waals surface area (Å²) in [5.41, 5.74) is 0.497. The first-order chi connectivity index (χ1) is 11.4. The number of nitrogens with one attached hydrogen (secondary N) is 3. The maximum Gasteiger partial charge on any atom is 0.263 e. The van der Waals surface area contributed by atoms with Gasteiger partial charge in [-0.3, -0.25) is 19.3 Å². The van der Waals surface area contributed by atoms with Crippen LogP contribution in [-0.4, -0.2) is 45.7 Å². The largest absolute Gasteiger partial charge is 0.355 e. The number of sulfonamides is 1. The number of benzene rings is 1. The first-order valence-corrected chi connectivity index (χ1v) is 9.12. The maximum absolute atomic E-state index is 11.9. The summed E-state index contributed by atoms with van der Waals surface area (Å²) >= 11 is 0. The van der Waals surface area contributed by atoms with E-state index in [4.69, 9.17) is 0 Å². The van der Waals surface area contributed by atoms with Crippen molar-refractivity contribution in [2.75, 3.05) is 19.6 Å². The van der Waals surface area contributed by atoms with E-state index in [-0.39, 0.29) is 42.1 Å². The molecular formula is C15H20N4O4S. The monoisotopic (exact) mass is 352 g/mol. The zero-order valence-electron chi connectivity index (χ0n) is 13.3. The first-order valence-electron chi connectivity index (χ1n) is 7.64. The van der Waals surface area contributed by atoms with E-state index in [1.165, 1.54) is 6.07 Å². The van der Waals surface area contributed by atoms with Crippen molar-refractivity contribution in [3.63, 3.8) is 0 Å². The first kappa shape index (κ1) is 17.9. The normalized spacial score (nSPS) is 16.3. The molecule has 130 valence electrons. The van der Waals surface area contributed by atoms with Gasteiger partial charge in [0.2, 0.25) is 11.8 Å². The zero-order valence-corrected chi connectivity index (χ0v) is 14.1. The van der Waals surface area contributed by atoms with E-state index < -0.39 is 10.0 Å². The molecule has 0 radical (unpaired) electrons. The predicted molar refractivity (Wildman–Crippen MR) is 89.1 cm³/mol. The second kappa shape index (κ2) is 7.91. The molecule has 0 aromatic heterocycles. The van der Waals surface area contributed by atoms with Gasteiger partial charge in [-0.1, -0.05) is 19.1 Å². The van der Waals surface area contributed by atoms with Gasteiger partial charge >= 0.3 is 0 Å². The van der Waals surface area contributed by atoms with Gasteiger partial charge in [0.25, 0.3) is 10.0 Å². The number of nitrogens with zero attached hydrogens (tertiary/aromatic N) is 1. The van der Waals surface area contributed by atoms with Crippen LogP contribution in [0.5, 0.6) is 0 Å². The van der Waals surface area contributed by atoms with Crippen molar-refractivity contribution in [2.45, 2.75) is 24.7 Å². The molecule has 0 saturated carbocycles. The number of amides is 2. The molecule has 0 saturated heterocycles. The highest BCUT2D eigenvalue weighted by Crippen LogP contribution is 2.21. The molecule has 1 aliphatic rings. The minimum absolute atomic E-state index is 0.0639. The van der Waals surface area contributed by atoms with E-state index in [9.17, 15) is 18.0 Å². The van der Waals surface area contributed by atoms with Crippen molar-refractivity contribution in [3.8, 4) is 0 Å². The Morgan fingerprint density at radius 1 is 1.17 bits per heavy atom. The third-order valence-corrected chi connectivity index (χ3v) is 4.69. The summed E-state index contributed by atoms with van der Waals surface area (Å²) in [7, 11) is -3.57. The molecule has 24 heavy (non-hydrogen) atoms. The molecule has 9 heteroatoms. The molecule has 1 aromatic rings. The van der Waals surface area contributed by atoms with Crippen LogP contribution in [-0.2, 0) is 19.6 Å². The van der Waals surface area contributed by atoms with Gasteiger partial charge in [0, 0.05) is 18.5 Å². The lowest BCUT2D eigenvalue weighted by atomic mass is 10.2. The Morgan fingerprint density at radius 2 is 1.92 bits per heavy atom. The molecule has 8 nitrogen and oxygen atoms in total. The Kier molecular flexibility index (Phi) is 5.91. The molecule has 0 aliphatic carbocycles. The molecule has 0 fully saturated rings. The van der Waals surface area contributed by atoms with Gasteiger partial charge in [-0.25, -0.2) is 8.42 Å². The average molecular weight is 352 g/mol. The van der Waals surface area contributed by atoms with Crippen molar-refractivity contribution < 1.29 is 18.0 Å². The average Bonchev–Trinajstić information content (AvgIpc) is 2.82. The maximum atomic E-state index is 11.9. The van der Waals surface area contributed by atoms with Crippen LogP contribution in [0.15, 0.2) is 34.2 Å². The van der Waals surface area contributed by atoms with Crippen LogP contribution >= 0.6 is 0 Å². The van der Waals surface area contributed by atoms with Crippen LogP contribution in [0.4, 0.5) is 0 Å². The van der Waals surface area contributed by atoms with Gasteiger partial charge in [-0.15, -0.1) is 0 Å². The second-order valence-electron chi connectivity index (χ2n) is 5.21. The highest BCUT2D eigenvalue weighted by molar-refractivity contribution is 7.90. The van der Waals surface area contributed by atoms with Crippen LogP contribution < -0.4 is 15.4 Å². The number of hydrogen-bond acceptors (Lipinski definition) is 5. The predicted octanol–water partition coefficient (Wildman–Crippen LogP) is -0.242. The fourth-order valence-corrected chi connectivity index (χ4v) is 3.37. The van der Waals surface area contributed by atoms with Crippen molar-refractivity contribution in [1.82, 2.24) is 15.4 Å². The van der Waals surface area contributed by atoms with E-state index in [0.717, 1.165) is 6.42 Å². The fourth-order valence-electron chi connectivity index (χ4n) is 2.11. The van der Waals surface area contributed by atoms with Gasteiger partial charge in [-0.2, -0.15) is 0 Å². The van der Waals surface area contributed by atoms with E-state index in [2.05, 4.69) is 20.3 Å². The minimum Gasteiger partial charge on any atom is -0.355 e. The molecule has 0 unspecified atom stereocenters. The summed E-state index contributed by atoms with van der Waals surface area (Å²) in [5.74, 6) is -0.326. The number of aliphatic imine (C=N–C) groups is 1. The fraction of sp³-hybridized carbons (Fsp3) is 0.400. The molecule has 0 spiro atoms. The Hall–Kier alpha value is -2.42. The minimum atomic E-state index is -3.57. The van der Waals surface area contributed by atoms with Crippen LogP contribution in [0, 0.1) is 0 Å². The smallest absolute Gasteiger partial charge is 0.263 e. The van der Waals surface area contributed by atoms with Crippen LogP contribution in [0.3, 0.4) is 0 Å². The van der Waals surface area contributed by atoms with Crippen molar-refractivity contribution in [2.24, 2.45) is 4.99 Å². The number of fused-ring (bicyclic) bond motifs is 1. The van der Waals surface area contributed by atoms with E-state index in [0.29, 0.717) is 12.1 Å². The van der Waals surface area contributed by atoms with Crippen molar-refractivity contribution >= 4 is 27.7 Å². The summed E-state index contributed by atoms with van der Waals surface area (Å²) in [6, 6.07) is 6.52. The Labute approximate surface area is 140 Å². The van der Waals surface area contributed by atoms with Crippen molar-refractivity contribution in [3.05, 3.63) is 29.8 Å². The zero-order chi connectivity index (χ0) is 17.6. The lowest BCUT2D eigenvalue weighted by Crippen LogP contribution is -2.37. The molecule has 2 amide bonds. The van der Waals surface area contributed by atoms with E-state index in [1.807, 2.05) is 6.92 Å². The van der Waals surface area contributed by atoms with Gasteiger partial charge in [0.1, 0.15) is 5.84 Å². The molecule has 3 N–H and O–H groups in total. The summed E-state index contributed by atoms with van der Waals surface area (Å²) in [6.45, 7) is 2.55. The Bertz CT molecular complexity index is 758. The molecule has 1 heterocycles. The van der Waals surface area contributed by atoms with E-state index >= 15 is 0 Å². The molecule has 2 rings (SSSR count). The summed E-state index contributed by atoms with van der Waals surface area (Å²) in [4.78, 5) is 27.4. The van der Waals surface area contributed by atoms with Crippen molar-refractivity contribution in [1.29, 1.82) is 0 Å². The number of carbonyl (C=O) groups is 2. The van der Waals surface area contributed by atoms with Crippen LogP contribution in [0.25, 0.3) is 0 Å². The second-order valence-corrected chi connectivity index (χ2v) is 6.86. The van der Waals surface area contributed by atoms with Crippen LogP contribution in [0.1, 0.15) is 25.3 Å².